The highest BCUT2D eigenvalue weighted by molar-refractivity contribution is 5.30. The van der Waals surface area contributed by atoms with E-state index in [-0.39, 0.29) is 0 Å². The third-order valence-corrected chi connectivity index (χ3v) is 4.03. The second-order valence-corrected chi connectivity index (χ2v) is 5.00. The minimum Gasteiger partial charge on any atom is -0.380 e. The van der Waals surface area contributed by atoms with Gasteiger partial charge in [-0.15, -0.1) is 0 Å². The third-order valence-electron chi connectivity index (χ3n) is 4.03. The molecule has 1 saturated heterocycles. The zero-order chi connectivity index (χ0) is 11.7. The third kappa shape index (κ3) is 2.10. The molecule has 0 saturated carbocycles. The molecule has 2 aliphatic rings. The van der Waals surface area contributed by atoms with E-state index >= 15 is 0 Å². The Morgan fingerprint density at radius 2 is 1.94 bits per heavy atom. The normalized spacial score (nSPS) is 29.2. The molecule has 0 spiro atoms. The van der Waals surface area contributed by atoms with Crippen molar-refractivity contribution in [1.82, 2.24) is 10.2 Å². The monoisotopic (exact) mass is 232 g/mol. The molecule has 3 rings (SSSR count). The van der Waals surface area contributed by atoms with Crippen LogP contribution in [0.3, 0.4) is 0 Å². The lowest BCUT2D eigenvalue weighted by Gasteiger charge is -2.37. The Hall–Kier alpha value is -0.900. The van der Waals surface area contributed by atoms with Crippen molar-refractivity contribution in [3.05, 3.63) is 35.4 Å². The Bertz CT molecular complexity index is 369. The summed E-state index contributed by atoms with van der Waals surface area (Å²) in [5.74, 6) is 0. The van der Waals surface area contributed by atoms with E-state index < -0.39 is 0 Å². The molecule has 2 heterocycles. The van der Waals surface area contributed by atoms with Crippen LogP contribution in [0.5, 0.6) is 0 Å². The molecule has 0 bridgehead atoms. The predicted octanol–water partition coefficient (Wildman–Crippen LogP) is 1.38. The summed E-state index contributed by atoms with van der Waals surface area (Å²) >= 11 is 0. The summed E-state index contributed by atoms with van der Waals surface area (Å²) in [7, 11) is 2.06. The lowest BCUT2D eigenvalue weighted by molar-refractivity contribution is -0.00332. The first-order chi connectivity index (χ1) is 8.38. The number of nitrogens with zero attached hydrogens (tertiary/aromatic N) is 1. The van der Waals surface area contributed by atoms with Gasteiger partial charge in [-0.2, -0.15) is 0 Å². The standard InChI is InChI=1S/C14H20N2O/c1-15-13-6-7-17-10-14(13)16-8-11-4-2-3-5-12(11)9-16/h2-5,13-15H,6-10H2,1H3. The topological polar surface area (TPSA) is 24.5 Å². The van der Waals surface area contributed by atoms with E-state index in [0.29, 0.717) is 12.1 Å². The van der Waals surface area contributed by atoms with Gasteiger partial charge in [0.2, 0.25) is 0 Å². The summed E-state index contributed by atoms with van der Waals surface area (Å²) in [4.78, 5) is 2.55. The average molecular weight is 232 g/mol. The van der Waals surface area contributed by atoms with Crippen LogP contribution >= 0.6 is 0 Å². The van der Waals surface area contributed by atoms with Crippen molar-refractivity contribution in [1.29, 1.82) is 0 Å². The molecule has 17 heavy (non-hydrogen) atoms. The first-order valence-corrected chi connectivity index (χ1v) is 6.44. The van der Waals surface area contributed by atoms with Gasteiger partial charge in [-0.1, -0.05) is 24.3 Å². The number of benzene rings is 1. The summed E-state index contributed by atoms with van der Waals surface area (Å²) in [6, 6.07) is 9.84. The van der Waals surface area contributed by atoms with E-state index in [1.807, 2.05) is 0 Å². The van der Waals surface area contributed by atoms with E-state index in [9.17, 15) is 0 Å². The van der Waals surface area contributed by atoms with Gasteiger partial charge < -0.3 is 10.1 Å². The second-order valence-electron chi connectivity index (χ2n) is 5.00. The largest absolute Gasteiger partial charge is 0.380 e. The van der Waals surface area contributed by atoms with Crippen LogP contribution in [0.4, 0.5) is 0 Å². The zero-order valence-electron chi connectivity index (χ0n) is 10.4. The van der Waals surface area contributed by atoms with Crippen LogP contribution in [0.15, 0.2) is 24.3 Å². The molecule has 0 aromatic heterocycles. The van der Waals surface area contributed by atoms with E-state index in [1.54, 1.807) is 0 Å². The van der Waals surface area contributed by atoms with Crippen molar-refractivity contribution < 1.29 is 4.74 Å². The Kier molecular flexibility index (Phi) is 3.14. The van der Waals surface area contributed by atoms with Gasteiger partial charge in [0.15, 0.2) is 0 Å². The fraction of sp³-hybridized carbons (Fsp3) is 0.571. The van der Waals surface area contributed by atoms with Gasteiger partial charge in [0.1, 0.15) is 0 Å². The Balaban J connectivity index is 1.74. The van der Waals surface area contributed by atoms with Crippen LogP contribution in [0.2, 0.25) is 0 Å². The predicted molar refractivity (Wildman–Crippen MR) is 67.8 cm³/mol. The van der Waals surface area contributed by atoms with Crippen LogP contribution in [0.25, 0.3) is 0 Å². The Morgan fingerprint density at radius 3 is 2.59 bits per heavy atom. The van der Waals surface area contributed by atoms with Gasteiger partial charge in [-0.3, -0.25) is 4.90 Å². The molecular formula is C14H20N2O. The summed E-state index contributed by atoms with van der Waals surface area (Å²) < 4.78 is 5.64. The number of likely N-dealkylation sites (N-methyl/N-ethyl adjacent to an activating group) is 1. The highest BCUT2D eigenvalue weighted by Crippen LogP contribution is 2.27. The molecule has 0 radical (unpaired) electrons. The number of fused-ring (bicyclic) bond motifs is 1. The Morgan fingerprint density at radius 1 is 1.24 bits per heavy atom. The lowest BCUT2D eigenvalue weighted by atomic mass is 10.0. The zero-order valence-corrected chi connectivity index (χ0v) is 10.4. The number of ether oxygens (including phenoxy) is 1. The van der Waals surface area contributed by atoms with E-state index in [2.05, 4.69) is 41.5 Å². The molecule has 1 aromatic rings. The van der Waals surface area contributed by atoms with Gasteiger partial charge in [-0.25, -0.2) is 0 Å². The van der Waals surface area contributed by atoms with Crippen molar-refractivity contribution in [2.75, 3.05) is 20.3 Å². The number of hydrogen-bond acceptors (Lipinski definition) is 3. The van der Waals surface area contributed by atoms with Crippen LogP contribution in [0.1, 0.15) is 17.5 Å². The molecule has 92 valence electrons. The smallest absolute Gasteiger partial charge is 0.0637 e. The molecule has 1 N–H and O–H groups in total. The maximum absolute atomic E-state index is 5.64. The van der Waals surface area contributed by atoms with Crippen LogP contribution < -0.4 is 5.32 Å². The molecule has 1 aromatic carbocycles. The van der Waals surface area contributed by atoms with Crippen molar-refractivity contribution in [3.8, 4) is 0 Å². The summed E-state index contributed by atoms with van der Waals surface area (Å²) in [6.45, 7) is 3.90. The number of nitrogens with one attached hydrogen (secondary N) is 1. The highest BCUT2D eigenvalue weighted by atomic mass is 16.5. The van der Waals surface area contributed by atoms with Gasteiger partial charge >= 0.3 is 0 Å². The molecule has 2 aliphatic heterocycles. The van der Waals surface area contributed by atoms with Crippen molar-refractivity contribution in [3.63, 3.8) is 0 Å². The molecular weight excluding hydrogens is 212 g/mol. The number of rotatable bonds is 2. The van der Waals surface area contributed by atoms with Gasteiger partial charge in [0.25, 0.3) is 0 Å². The summed E-state index contributed by atoms with van der Waals surface area (Å²) in [6.07, 6.45) is 1.12. The summed E-state index contributed by atoms with van der Waals surface area (Å²) in [5.41, 5.74) is 2.96. The second kappa shape index (κ2) is 4.77. The summed E-state index contributed by atoms with van der Waals surface area (Å²) in [5, 5.41) is 3.44. The average Bonchev–Trinajstić information content (AvgIpc) is 2.82. The van der Waals surface area contributed by atoms with Crippen LogP contribution in [-0.2, 0) is 17.8 Å². The SMILES string of the molecule is CNC1CCOCC1N1Cc2ccccc2C1. The molecule has 2 unspecified atom stereocenters. The number of hydrogen-bond donors (Lipinski definition) is 1. The van der Waals surface area contributed by atoms with Crippen molar-refractivity contribution in [2.45, 2.75) is 31.6 Å². The molecule has 1 fully saturated rings. The maximum Gasteiger partial charge on any atom is 0.0637 e. The molecule has 2 atom stereocenters. The van der Waals surface area contributed by atoms with Gasteiger partial charge in [0.05, 0.1) is 6.61 Å². The first kappa shape index (κ1) is 11.2. The molecule has 0 aliphatic carbocycles. The maximum atomic E-state index is 5.64. The fourth-order valence-corrected chi connectivity index (χ4v) is 3.01. The minimum absolute atomic E-state index is 0.515. The van der Waals surface area contributed by atoms with Crippen molar-refractivity contribution in [2.24, 2.45) is 0 Å². The Labute approximate surface area is 103 Å². The first-order valence-electron chi connectivity index (χ1n) is 6.44. The quantitative estimate of drug-likeness (QED) is 0.833. The van der Waals surface area contributed by atoms with Gasteiger partial charge in [0, 0.05) is 31.8 Å². The van der Waals surface area contributed by atoms with Gasteiger partial charge in [-0.05, 0) is 24.6 Å². The van der Waals surface area contributed by atoms with E-state index in [1.165, 1.54) is 11.1 Å². The lowest BCUT2D eigenvalue weighted by Crippen LogP contribution is -2.52. The highest BCUT2D eigenvalue weighted by Gasteiger charge is 2.32. The molecule has 0 amide bonds. The molecule has 3 heteroatoms. The fourth-order valence-electron chi connectivity index (χ4n) is 3.01. The van der Waals surface area contributed by atoms with E-state index in [4.69, 9.17) is 4.74 Å². The van der Waals surface area contributed by atoms with E-state index in [0.717, 1.165) is 32.7 Å². The van der Waals surface area contributed by atoms with Crippen LogP contribution in [0, 0.1) is 0 Å². The van der Waals surface area contributed by atoms with Crippen LogP contribution in [-0.4, -0.2) is 37.2 Å². The van der Waals surface area contributed by atoms with Crippen molar-refractivity contribution >= 4 is 0 Å². The molecule has 3 nitrogen and oxygen atoms in total. The minimum atomic E-state index is 0.515.